The standard InChI is InChI=1S/C12H12BrFN2O2S2/c13-9-2-1-3-10(14)12(9)16-20(17,18)11-5-4-8(19-11)6-7-15/h1-5,16H,6-7,15H2. The van der Waals surface area contributed by atoms with Gasteiger partial charge in [-0.15, -0.1) is 11.3 Å². The molecule has 4 nitrogen and oxygen atoms in total. The zero-order valence-electron chi connectivity index (χ0n) is 10.3. The number of benzene rings is 1. The van der Waals surface area contributed by atoms with Crippen molar-refractivity contribution >= 4 is 43.0 Å². The lowest BCUT2D eigenvalue weighted by atomic mass is 10.3. The molecule has 0 aliphatic heterocycles. The van der Waals surface area contributed by atoms with Gasteiger partial charge in [-0.05, 0) is 53.2 Å². The van der Waals surface area contributed by atoms with E-state index in [9.17, 15) is 12.8 Å². The first-order valence-corrected chi connectivity index (χ1v) is 8.79. The van der Waals surface area contributed by atoms with Crippen LogP contribution in [0.5, 0.6) is 0 Å². The third-order valence-electron chi connectivity index (χ3n) is 2.49. The molecule has 2 rings (SSSR count). The number of nitrogens with two attached hydrogens (primary N) is 1. The molecule has 0 aliphatic carbocycles. The van der Waals surface area contributed by atoms with Crippen LogP contribution < -0.4 is 10.5 Å². The second-order valence-corrected chi connectivity index (χ2v) is 7.89. The van der Waals surface area contributed by atoms with Crippen molar-refractivity contribution in [1.29, 1.82) is 0 Å². The average Bonchev–Trinajstić information content (AvgIpc) is 2.84. The minimum absolute atomic E-state index is 0.0960. The maximum Gasteiger partial charge on any atom is 0.271 e. The number of hydrogen-bond acceptors (Lipinski definition) is 4. The maximum atomic E-state index is 13.7. The Kier molecular flexibility index (Phi) is 4.79. The number of sulfonamides is 1. The van der Waals surface area contributed by atoms with Gasteiger partial charge in [0.25, 0.3) is 10.0 Å². The van der Waals surface area contributed by atoms with Crippen LogP contribution >= 0.6 is 27.3 Å². The molecular formula is C12H12BrFN2O2S2. The minimum atomic E-state index is -3.80. The summed E-state index contributed by atoms with van der Waals surface area (Å²) < 4.78 is 40.8. The summed E-state index contributed by atoms with van der Waals surface area (Å²) in [5.74, 6) is -0.637. The smallest absolute Gasteiger partial charge is 0.271 e. The molecule has 1 heterocycles. The van der Waals surface area contributed by atoms with Crippen LogP contribution in [0.15, 0.2) is 39.0 Å². The van der Waals surface area contributed by atoms with E-state index in [0.29, 0.717) is 17.4 Å². The summed E-state index contributed by atoms with van der Waals surface area (Å²) in [6, 6.07) is 7.45. The van der Waals surface area contributed by atoms with Crippen molar-refractivity contribution in [3.8, 4) is 0 Å². The fraction of sp³-hybridized carbons (Fsp3) is 0.167. The lowest BCUT2D eigenvalue weighted by molar-refractivity contribution is 0.600. The van der Waals surface area contributed by atoms with Gasteiger partial charge in [0.1, 0.15) is 10.0 Å². The van der Waals surface area contributed by atoms with Crippen molar-refractivity contribution in [1.82, 2.24) is 0 Å². The molecule has 8 heteroatoms. The Labute approximate surface area is 129 Å². The van der Waals surface area contributed by atoms with E-state index in [1.807, 2.05) is 0 Å². The topological polar surface area (TPSA) is 72.2 Å². The first kappa shape index (κ1) is 15.4. The highest BCUT2D eigenvalue weighted by Gasteiger charge is 2.20. The van der Waals surface area contributed by atoms with E-state index >= 15 is 0 Å². The van der Waals surface area contributed by atoms with Gasteiger partial charge in [0, 0.05) is 9.35 Å². The number of thiophene rings is 1. The molecule has 0 fully saturated rings. The van der Waals surface area contributed by atoms with Crippen LogP contribution in [-0.2, 0) is 16.4 Å². The predicted octanol–water partition coefficient (Wildman–Crippen LogP) is 2.95. The fourth-order valence-corrected chi connectivity index (χ4v) is 4.59. The fourth-order valence-electron chi connectivity index (χ4n) is 1.56. The van der Waals surface area contributed by atoms with Crippen LogP contribution in [0, 0.1) is 5.82 Å². The number of anilines is 1. The zero-order valence-corrected chi connectivity index (χ0v) is 13.5. The highest BCUT2D eigenvalue weighted by molar-refractivity contribution is 9.10. The Bertz CT molecular complexity index is 696. The van der Waals surface area contributed by atoms with Crippen LogP contribution in [0.25, 0.3) is 0 Å². The number of para-hydroxylation sites is 1. The molecule has 0 atom stereocenters. The molecule has 0 saturated heterocycles. The summed E-state index contributed by atoms with van der Waals surface area (Å²) >= 11 is 4.25. The highest BCUT2D eigenvalue weighted by atomic mass is 79.9. The van der Waals surface area contributed by atoms with Gasteiger partial charge < -0.3 is 5.73 Å². The molecular weight excluding hydrogens is 367 g/mol. The lowest BCUT2D eigenvalue weighted by Gasteiger charge is -2.09. The molecule has 20 heavy (non-hydrogen) atoms. The molecule has 0 bridgehead atoms. The monoisotopic (exact) mass is 378 g/mol. The van der Waals surface area contributed by atoms with Gasteiger partial charge in [0.05, 0.1) is 5.69 Å². The second-order valence-electron chi connectivity index (χ2n) is 3.96. The highest BCUT2D eigenvalue weighted by Crippen LogP contribution is 2.29. The van der Waals surface area contributed by atoms with Gasteiger partial charge in [0.2, 0.25) is 0 Å². The summed E-state index contributed by atoms with van der Waals surface area (Å²) in [7, 11) is -3.80. The quantitative estimate of drug-likeness (QED) is 0.839. The molecule has 3 N–H and O–H groups in total. The van der Waals surface area contributed by atoms with Crippen LogP contribution in [-0.4, -0.2) is 15.0 Å². The van der Waals surface area contributed by atoms with Gasteiger partial charge >= 0.3 is 0 Å². The molecule has 0 spiro atoms. The van der Waals surface area contributed by atoms with Crippen molar-refractivity contribution in [3.05, 3.63) is 45.5 Å². The van der Waals surface area contributed by atoms with E-state index in [0.717, 1.165) is 16.2 Å². The van der Waals surface area contributed by atoms with Crippen LogP contribution in [0.3, 0.4) is 0 Å². The van der Waals surface area contributed by atoms with Crippen LogP contribution in [0.1, 0.15) is 4.88 Å². The molecule has 0 radical (unpaired) electrons. The summed E-state index contributed by atoms with van der Waals surface area (Å²) in [5.41, 5.74) is 5.33. The van der Waals surface area contributed by atoms with E-state index in [1.54, 1.807) is 12.1 Å². The summed E-state index contributed by atoms with van der Waals surface area (Å²) in [6.07, 6.45) is 0.615. The third-order valence-corrected chi connectivity index (χ3v) is 6.14. The normalized spacial score (nSPS) is 11.6. The van der Waals surface area contributed by atoms with E-state index in [-0.39, 0.29) is 9.90 Å². The average molecular weight is 379 g/mol. The summed E-state index contributed by atoms with van der Waals surface area (Å²) in [5, 5.41) is 0. The van der Waals surface area contributed by atoms with Gasteiger partial charge in [-0.2, -0.15) is 0 Å². The van der Waals surface area contributed by atoms with Crippen molar-refractivity contribution in [2.24, 2.45) is 5.73 Å². The first-order chi connectivity index (χ1) is 9.44. The summed E-state index contributed by atoms with van der Waals surface area (Å²) in [6.45, 7) is 0.451. The predicted molar refractivity (Wildman–Crippen MR) is 82.0 cm³/mol. The molecule has 108 valence electrons. The van der Waals surface area contributed by atoms with Gasteiger partial charge in [-0.1, -0.05) is 6.07 Å². The number of halogens is 2. The Morgan fingerprint density at radius 3 is 2.70 bits per heavy atom. The van der Waals surface area contributed by atoms with Crippen molar-refractivity contribution < 1.29 is 12.8 Å². The Hall–Kier alpha value is -0.960. The van der Waals surface area contributed by atoms with E-state index in [2.05, 4.69) is 20.7 Å². The number of rotatable bonds is 5. The molecule has 0 saturated carbocycles. The zero-order chi connectivity index (χ0) is 14.8. The number of nitrogens with one attached hydrogen (secondary N) is 1. The lowest BCUT2D eigenvalue weighted by Crippen LogP contribution is -2.13. The van der Waals surface area contributed by atoms with E-state index in [4.69, 9.17) is 5.73 Å². The molecule has 0 unspecified atom stereocenters. The molecule has 0 aliphatic rings. The third kappa shape index (κ3) is 3.38. The Balaban J connectivity index is 2.31. The van der Waals surface area contributed by atoms with Crippen molar-refractivity contribution in [2.45, 2.75) is 10.6 Å². The molecule has 2 aromatic rings. The largest absolute Gasteiger partial charge is 0.330 e. The maximum absolute atomic E-state index is 13.7. The van der Waals surface area contributed by atoms with Crippen molar-refractivity contribution in [2.75, 3.05) is 11.3 Å². The number of hydrogen-bond donors (Lipinski definition) is 2. The van der Waals surface area contributed by atoms with Crippen LogP contribution in [0.2, 0.25) is 0 Å². The first-order valence-electron chi connectivity index (χ1n) is 5.69. The molecule has 1 aromatic carbocycles. The summed E-state index contributed by atoms with van der Waals surface area (Å²) in [4.78, 5) is 0.875. The molecule has 0 amide bonds. The Morgan fingerprint density at radius 2 is 2.05 bits per heavy atom. The SMILES string of the molecule is NCCc1ccc(S(=O)(=O)Nc2c(F)cccc2Br)s1. The molecule has 1 aromatic heterocycles. The van der Waals surface area contributed by atoms with E-state index < -0.39 is 15.8 Å². The Morgan fingerprint density at radius 1 is 1.30 bits per heavy atom. The van der Waals surface area contributed by atoms with E-state index in [1.165, 1.54) is 18.2 Å². The van der Waals surface area contributed by atoms with Gasteiger partial charge in [-0.3, -0.25) is 4.72 Å². The van der Waals surface area contributed by atoms with Crippen molar-refractivity contribution in [3.63, 3.8) is 0 Å². The van der Waals surface area contributed by atoms with Crippen LogP contribution in [0.4, 0.5) is 10.1 Å². The second kappa shape index (κ2) is 6.21. The minimum Gasteiger partial charge on any atom is -0.330 e. The van der Waals surface area contributed by atoms with Gasteiger partial charge in [-0.25, -0.2) is 12.8 Å². The van der Waals surface area contributed by atoms with Gasteiger partial charge in [0.15, 0.2) is 0 Å².